The molecule has 1 aromatic heterocycles. The minimum Gasteiger partial charge on any atom is -0.398 e. The van der Waals surface area contributed by atoms with Crippen molar-refractivity contribution in [2.75, 3.05) is 5.73 Å². The van der Waals surface area contributed by atoms with E-state index >= 15 is 0 Å². The van der Waals surface area contributed by atoms with E-state index in [1.54, 1.807) is 11.3 Å². The van der Waals surface area contributed by atoms with E-state index in [0.29, 0.717) is 0 Å². The highest BCUT2D eigenvalue weighted by molar-refractivity contribution is 7.10. The van der Waals surface area contributed by atoms with Gasteiger partial charge in [0.15, 0.2) is 0 Å². The molecule has 62 valence electrons. The lowest BCUT2D eigenvalue weighted by atomic mass is 10.1. The molecular formula is C9H15NS. The second-order valence-electron chi connectivity index (χ2n) is 3.23. The van der Waals surface area contributed by atoms with Crippen LogP contribution in [0.2, 0.25) is 0 Å². The molecule has 0 saturated carbocycles. The van der Waals surface area contributed by atoms with Crippen molar-refractivity contribution in [3.8, 4) is 0 Å². The molecule has 1 nitrogen and oxygen atoms in total. The molecule has 11 heavy (non-hydrogen) atoms. The van der Waals surface area contributed by atoms with Crippen LogP contribution in [-0.4, -0.2) is 0 Å². The van der Waals surface area contributed by atoms with Gasteiger partial charge in [0.05, 0.1) is 0 Å². The summed E-state index contributed by atoms with van der Waals surface area (Å²) in [5.74, 6) is 0.775. The van der Waals surface area contributed by atoms with Crippen molar-refractivity contribution in [3.05, 3.63) is 16.3 Å². The summed E-state index contributed by atoms with van der Waals surface area (Å²) in [7, 11) is 0. The normalized spacial score (nSPS) is 10.8. The molecule has 0 amide bonds. The van der Waals surface area contributed by atoms with Gasteiger partial charge in [-0.2, -0.15) is 0 Å². The van der Waals surface area contributed by atoms with Gasteiger partial charge in [0.25, 0.3) is 0 Å². The van der Waals surface area contributed by atoms with Crippen LogP contribution in [0, 0.1) is 5.92 Å². The summed E-state index contributed by atoms with van der Waals surface area (Å²) in [5.41, 5.74) is 6.71. The quantitative estimate of drug-likeness (QED) is 0.739. The summed E-state index contributed by atoms with van der Waals surface area (Å²) in [6, 6.07) is 1.99. The smallest absolute Gasteiger partial charge is 0.0455 e. The molecule has 1 aromatic rings. The molecule has 0 fully saturated rings. The molecule has 0 aliphatic carbocycles. The fourth-order valence-corrected chi connectivity index (χ4v) is 1.79. The predicted octanol–water partition coefficient (Wildman–Crippen LogP) is 2.92. The number of anilines is 1. The lowest BCUT2D eigenvalue weighted by molar-refractivity contribution is 0.590. The first kappa shape index (κ1) is 8.60. The Bertz CT molecular complexity index is 215. The van der Waals surface area contributed by atoms with Crippen LogP contribution in [0.3, 0.4) is 0 Å². The highest BCUT2D eigenvalue weighted by Gasteiger charge is 2.01. The van der Waals surface area contributed by atoms with Gasteiger partial charge in [0.2, 0.25) is 0 Å². The summed E-state index contributed by atoms with van der Waals surface area (Å²) in [5, 5.41) is 2.06. The van der Waals surface area contributed by atoms with E-state index in [0.717, 1.165) is 18.0 Å². The number of thiophene rings is 1. The van der Waals surface area contributed by atoms with E-state index in [1.165, 1.54) is 11.3 Å². The average Bonchev–Trinajstić information content (AvgIpc) is 2.31. The first-order chi connectivity index (χ1) is 5.20. The third kappa shape index (κ3) is 2.54. The summed E-state index contributed by atoms with van der Waals surface area (Å²) in [6.45, 7) is 4.48. The molecule has 2 N–H and O–H groups in total. The van der Waals surface area contributed by atoms with Crippen molar-refractivity contribution in [2.45, 2.75) is 26.7 Å². The van der Waals surface area contributed by atoms with Crippen LogP contribution in [0.4, 0.5) is 5.69 Å². The molecule has 0 bridgehead atoms. The molecule has 1 heterocycles. The molecule has 0 radical (unpaired) electrons. The fourth-order valence-electron chi connectivity index (χ4n) is 0.973. The van der Waals surface area contributed by atoms with Gasteiger partial charge >= 0.3 is 0 Å². The zero-order valence-electron chi connectivity index (χ0n) is 7.13. The van der Waals surface area contributed by atoms with Crippen molar-refractivity contribution in [2.24, 2.45) is 5.92 Å². The molecule has 0 saturated heterocycles. The van der Waals surface area contributed by atoms with Gasteiger partial charge < -0.3 is 5.73 Å². The van der Waals surface area contributed by atoms with Gasteiger partial charge in [-0.15, -0.1) is 11.3 Å². The number of aryl methyl sites for hydroxylation is 1. The van der Waals surface area contributed by atoms with E-state index < -0.39 is 0 Å². The molecular weight excluding hydrogens is 154 g/mol. The molecule has 0 aromatic carbocycles. The summed E-state index contributed by atoms with van der Waals surface area (Å²) >= 11 is 1.77. The Labute approximate surface area is 72.2 Å². The number of hydrogen-bond donors (Lipinski definition) is 1. The third-order valence-electron chi connectivity index (χ3n) is 1.73. The maximum atomic E-state index is 5.74. The largest absolute Gasteiger partial charge is 0.398 e. The highest BCUT2D eigenvalue weighted by atomic mass is 32.1. The van der Waals surface area contributed by atoms with Crippen LogP contribution in [0.1, 0.15) is 25.1 Å². The molecule has 0 unspecified atom stereocenters. The van der Waals surface area contributed by atoms with Gasteiger partial charge in [-0.3, -0.25) is 0 Å². The van der Waals surface area contributed by atoms with E-state index in [-0.39, 0.29) is 0 Å². The molecule has 0 aliphatic heterocycles. The number of nitrogens with two attached hydrogens (primary N) is 1. The van der Waals surface area contributed by atoms with E-state index in [4.69, 9.17) is 5.73 Å². The molecule has 0 aliphatic rings. The summed E-state index contributed by atoms with van der Waals surface area (Å²) in [6.07, 6.45) is 2.38. The van der Waals surface area contributed by atoms with Gasteiger partial charge in [-0.1, -0.05) is 13.8 Å². The topological polar surface area (TPSA) is 26.0 Å². The zero-order valence-corrected chi connectivity index (χ0v) is 7.95. The minimum absolute atomic E-state index is 0.775. The van der Waals surface area contributed by atoms with Crippen molar-refractivity contribution in [1.29, 1.82) is 0 Å². The lowest BCUT2D eigenvalue weighted by Gasteiger charge is -2.02. The highest BCUT2D eigenvalue weighted by Crippen LogP contribution is 2.21. The van der Waals surface area contributed by atoms with E-state index in [9.17, 15) is 0 Å². The first-order valence-corrected chi connectivity index (χ1v) is 4.90. The van der Waals surface area contributed by atoms with Gasteiger partial charge in [-0.05, 0) is 30.2 Å². The van der Waals surface area contributed by atoms with E-state index in [1.807, 2.05) is 6.07 Å². The SMILES string of the molecule is CC(C)CCc1sccc1N. The second-order valence-corrected chi connectivity index (χ2v) is 4.23. The second kappa shape index (κ2) is 3.77. The third-order valence-corrected chi connectivity index (χ3v) is 2.73. The Morgan fingerprint density at radius 1 is 1.55 bits per heavy atom. The molecule has 1 rings (SSSR count). The van der Waals surface area contributed by atoms with Crippen molar-refractivity contribution in [1.82, 2.24) is 0 Å². The predicted molar refractivity (Wildman–Crippen MR) is 51.9 cm³/mol. The first-order valence-electron chi connectivity index (χ1n) is 4.02. The summed E-state index contributed by atoms with van der Waals surface area (Å²) < 4.78 is 0. The summed E-state index contributed by atoms with van der Waals surface area (Å²) in [4.78, 5) is 1.35. The Hall–Kier alpha value is -0.500. The standard InChI is InChI=1S/C9H15NS/c1-7(2)3-4-9-8(10)5-6-11-9/h5-7H,3-4,10H2,1-2H3. The van der Waals surface area contributed by atoms with Crippen LogP contribution in [0.5, 0.6) is 0 Å². The number of nitrogen functional groups attached to an aromatic ring is 1. The maximum absolute atomic E-state index is 5.74. The zero-order chi connectivity index (χ0) is 8.27. The fraction of sp³-hybridized carbons (Fsp3) is 0.556. The molecule has 0 spiro atoms. The van der Waals surface area contributed by atoms with Crippen LogP contribution in [-0.2, 0) is 6.42 Å². The lowest BCUT2D eigenvalue weighted by Crippen LogP contribution is -1.93. The van der Waals surface area contributed by atoms with Crippen LogP contribution in [0.15, 0.2) is 11.4 Å². The molecule has 0 atom stereocenters. The van der Waals surface area contributed by atoms with Gasteiger partial charge in [0, 0.05) is 10.6 Å². The Balaban J connectivity index is 2.44. The van der Waals surface area contributed by atoms with Crippen LogP contribution in [0.25, 0.3) is 0 Å². The van der Waals surface area contributed by atoms with Crippen molar-refractivity contribution < 1.29 is 0 Å². The Kier molecular flexibility index (Phi) is 2.94. The number of hydrogen-bond acceptors (Lipinski definition) is 2. The maximum Gasteiger partial charge on any atom is 0.0455 e. The monoisotopic (exact) mass is 169 g/mol. The molecule has 2 heteroatoms. The van der Waals surface area contributed by atoms with Crippen molar-refractivity contribution in [3.63, 3.8) is 0 Å². The Morgan fingerprint density at radius 2 is 2.27 bits per heavy atom. The van der Waals surface area contributed by atoms with E-state index in [2.05, 4.69) is 19.2 Å². The van der Waals surface area contributed by atoms with Gasteiger partial charge in [-0.25, -0.2) is 0 Å². The van der Waals surface area contributed by atoms with Crippen LogP contribution >= 0.6 is 11.3 Å². The Morgan fingerprint density at radius 3 is 2.73 bits per heavy atom. The van der Waals surface area contributed by atoms with Crippen molar-refractivity contribution >= 4 is 17.0 Å². The van der Waals surface area contributed by atoms with Crippen LogP contribution < -0.4 is 5.73 Å². The average molecular weight is 169 g/mol. The van der Waals surface area contributed by atoms with Gasteiger partial charge in [0.1, 0.15) is 0 Å². The number of rotatable bonds is 3. The minimum atomic E-state index is 0.775.